The van der Waals surface area contributed by atoms with Gasteiger partial charge < -0.3 is 9.13 Å². The van der Waals surface area contributed by atoms with Crippen molar-refractivity contribution in [3.63, 3.8) is 0 Å². The Balaban J connectivity index is 1.22. The van der Waals surface area contributed by atoms with Crippen LogP contribution in [-0.2, 0) is 0 Å². The molecule has 0 saturated heterocycles. The van der Waals surface area contributed by atoms with Gasteiger partial charge >= 0.3 is 0 Å². The van der Waals surface area contributed by atoms with Gasteiger partial charge in [-0.1, -0.05) is 115 Å². The van der Waals surface area contributed by atoms with Crippen molar-refractivity contribution in [2.24, 2.45) is 0 Å². The quantitative estimate of drug-likeness (QED) is 0.172. The molecule has 0 amide bonds. The summed E-state index contributed by atoms with van der Waals surface area (Å²) in [6, 6.07) is 64.1. The second-order valence-electron chi connectivity index (χ2n) is 13.6. The lowest BCUT2D eigenvalue weighted by Gasteiger charge is -2.13. The molecule has 11 aromatic rings. The van der Waals surface area contributed by atoms with Crippen molar-refractivity contribution in [1.29, 1.82) is 0 Å². The SMILES string of the molecule is c1ccc(-c2ccccc2-c2cccc(-n3c4ccccc4c4c3ccc3c5cc6cc7ccccc7cc6cc5n(-c5cccnc5)c34)c2)cc1. The van der Waals surface area contributed by atoms with E-state index in [2.05, 4.69) is 184 Å². The highest BCUT2D eigenvalue weighted by molar-refractivity contribution is 6.27. The third kappa shape index (κ3) is 4.30. The molecular weight excluding hydrogens is 631 g/mol. The zero-order valence-electron chi connectivity index (χ0n) is 28.2. The molecule has 0 saturated carbocycles. The van der Waals surface area contributed by atoms with Crippen LogP contribution < -0.4 is 0 Å². The summed E-state index contributed by atoms with van der Waals surface area (Å²) in [6.45, 7) is 0. The molecule has 3 heterocycles. The molecule has 0 aliphatic carbocycles. The van der Waals surface area contributed by atoms with Crippen molar-refractivity contribution >= 4 is 65.2 Å². The number of aromatic nitrogens is 3. The van der Waals surface area contributed by atoms with E-state index in [0.717, 1.165) is 11.4 Å². The minimum atomic E-state index is 1.05. The minimum Gasteiger partial charge on any atom is -0.309 e. The summed E-state index contributed by atoms with van der Waals surface area (Å²) in [5, 5.41) is 9.90. The summed E-state index contributed by atoms with van der Waals surface area (Å²) in [5.41, 5.74) is 11.7. The topological polar surface area (TPSA) is 22.8 Å². The van der Waals surface area contributed by atoms with Crippen LogP contribution in [0.4, 0.5) is 0 Å². The first-order chi connectivity index (χ1) is 25.8. The summed E-state index contributed by atoms with van der Waals surface area (Å²) in [6.07, 6.45) is 3.83. The van der Waals surface area contributed by atoms with Crippen LogP contribution in [0.2, 0.25) is 0 Å². The van der Waals surface area contributed by atoms with Gasteiger partial charge in [-0.25, -0.2) is 0 Å². The molecule has 0 N–H and O–H groups in total. The molecular formula is C49H31N3. The van der Waals surface area contributed by atoms with Gasteiger partial charge in [0.05, 0.1) is 34.0 Å². The van der Waals surface area contributed by atoms with Gasteiger partial charge in [0.25, 0.3) is 0 Å². The third-order valence-corrected chi connectivity index (χ3v) is 10.7. The van der Waals surface area contributed by atoms with Crippen LogP contribution in [0.25, 0.3) is 98.8 Å². The Bertz CT molecular complexity index is 3170. The van der Waals surface area contributed by atoms with E-state index in [9.17, 15) is 0 Å². The summed E-state index contributed by atoms with van der Waals surface area (Å²) < 4.78 is 4.87. The van der Waals surface area contributed by atoms with Gasteiger partial charge in [0.2, 0.25) is 0 Å². The van der Waals surface area contributed by atoms with Gasteiger partial charge in [-0.2, -0.15) is 0 Å². The highest BCUT2D eigenvalue weighted by Crippen LogP contribution is 2.43. The first-order valence-corrected chi connectivity index (χ1v) is 17.8. The summed E-state index contributed by atoms with van der Waals surface area (Å²) in [7, 11) is 0. The molecule has 0 spiro atoms. The van der Waals surface area contributed by atoms with Crippen molar-refractivity contribution in [2.75, 3.05) is 0 Å². The van der Waals surface area contributed by atoms with E-state index in [0.29, 0.717) is 0 Å². The molecule has 8 aromatic carbocycles. The van der Waals surface area contributed by atoms with E-state index in [1.807, 2.05) is 18.5 Å². The zero-order valence-corrected chi connectivity index (χ0v) is 28.2. The van der Waals surface area contributed by atoms with Crippen LogP contribution in [0.3, 0.4) is 0 Å². The summed E-state index contributed by atoms with van der Waals surface area (Å²) >= 11 is 0. The molecule has 0 aliphatic heterocycles. The average molecular weight is 662 g/mol. The number of hydrogen-bond acceptors (Lipinski definition) is 1. The molecule has 3 nitrogen and oxygen atoms in total. The van der Waals surface area contributed by atoms with Crippen LogP contribution in [0, 0.1) is 0 Å². The van der Waals surface area contributed by atoms with Crippen molar-refractivity contribution in [1.82, 2.24) is 14.1 Å². The smallest absolute Gasteiger partial charge is 0.0645 e. The Kier molecular flexibility index (Phi) is 6.25. The average Bonchev–Trinajstić information content (AvgIpc) is 3.72. The molecule has 0 atom stereocenters. The fraction of sp³-hybridized carbons (Fsp3) is 0. The number of pyridine rings is 1. The van der Waals surface area contributed by atoms with Gasteiger partial charge in [0.15, 0.2) is 0 Å². The van der Waals surface area contributed by atoms with Crippen LogP contribution in [-0.4, -0.2) is 14.1 Å². The molecule has 0 aliphatic rings. The van der Waals surface area contributed by atoms with Crippen molar-refractivity contribution in [3.05, 3.63) is 188 Å². The molecule has 0 unspecified atom stereocenters. The van der Waals surface area contributed by atoms with E-state index in [1.165, 1.54) is 87.4 Å². The number of nitrogens with zero attached hydrogens (tertiary/aromatic N) is 3. The normalized spacial score (nSPS) is 11.8. The minimum absolute atomic E-state index is 1.05. The van der Waals surface area contributed by atoms with Crippen molar-refractivity contribution in [3.8, 4) is 33.6 Å². The van der Waals surface area contributed by atoms with Gasteiger partial charge in [-0.15, -0.1) is 0 Å². The Labute approximate surface area is 300 Å². The van der Waals surface area contributed by atoms with Gasteiger partial charge in [-0.3, -0.25) is 4.98 Å². The Morgan fingerprint density at radius 1 is 0.365 bits per heavy atom. The van der Waals surface area contributed by atoms with Gasteiger partial charge in [0.1, 0.15) is 0 Å². The van der Waals surface area contributed by atoms with Crippen molar-refractivity contribution in [2.45, 2.75) is 0 Å². The summed E-state index contributed by atoms with van der Waals surface area (Å²) in [5.74, 6) is 0. The number of rotatable bonds is 4. The van der Waals surface area contributed by atoms with Crippen molar-refractivity contribution < 1.29 is 0 Å². The van der Waals surface area contributed by atoms with Crippen LogP contribution in [0.15, 0.2) is 188 Å². The highest BCUT2D eigenvalue weighted by atomic mass is 15.0. The molecule has 0 fully saturated rings. The fourth-order valence-corrected chi connectivity index (χ4v) is 8.44. The molecule has 0 bridgehead atoms. The fourth-order valence-electron chi connectivity index (χ4n) is 8.44. The third-order valence-electron chi connectivity index (χ3n) is 10.7. The molecule has 52 heavy (non-hydrogen) atoms. The number of para-hydroxylation sites is 1. The van der Waals surface area contributed by atoms with E-state index < -0.39 is 0 Å². The number of fused-ring (bicyclic) bond motifs is 9. The van der Waals surface area contributed by atoms with Gasteiger partial charge in [0, 0.05) is 33.4 Å². The largest absolute Gasteiger partial charge is 0.309 e. The van der Waals surface area contributed by atoms with Crippen LogP contribution in [0.5, 0.6) is 0 Å². The maximum absolute atomic E-state index is 4.59. The Morgan fingerprint density at radius 2 is 1.06 bits per heavy atom. The van der Waals surface area contributed by atoms with Crippen LogP contribution in [0.1, 0.15) is 0 Å². The molecule has 3 aromatic heterocycles. The molecule has 0 radical (unpaired) electrons. The van der Waals surface area contributed by atoms with E-state index in [4.69, 9.17) is 0 Å². The summed E-state index contributed by atoms with van der Waals surface area (Å²) in [4.78, 5) is 4.59. The maximum atomic E-state index is 4.59. The predicted octanol–water partition coefficient (Wildman–Crippen LogP) is 12.9. The lowest BCUT2D eigenvalue weighted by molar-refractivity contribution is 1.14. The maximum Gasteiger partial charge on any atom is 0.0645 e. The first-order valence-electron chi connectivity index (χ1n) is 17.8. The zero-order chi connectivity index (χ0) is 34.2. The highest BCUT2D eigenvalue weighted by Gasteiger charge is 2.22. The standard InChI is InChI=1S/C49H31N3/c1-2-12-32(13-3-1)40-19-6-7-20-41(40)35-16-10-17-38(28-35)51-45-22-9-8-21-43(45)48-46(51)24-23-42-44-29-36-26-33-14-4-5-15-34(33)27-37(36)30-47(44)52(49(42)48)39-18-11-25-50-31-39/h1-31H. The Hall–Kier alpha value is -6.97. The monoisotopic (exact) mass is 661 g/mol. The number of benzene rings is 8. The van der Waals surface area contributed by atoms with E-state index >= 15 is 0 Å². The Morgan fingerprint density at radius 3 is 1.87 bits per heavy atom. The second kappa shape index (κ2) is 11.3. The predicted molar refractivity (Wildman–Crippen MR) is 219 cm³/mol. The number of hydrogen-bond donors (Lipinski definition) is 0. The van der Waals surface area contributed by atoms with Crippen LogP contribution >= 0.6 is 0 Å². The lowest BCUT2D eigenvalue weighted by atomic mass is 9.94. The molecule has 242 valence electrons. The molecule has 3 heteroatoms. The second-order valence-corrected chi connectivity index (χ2v) is 13.6. The molecule has 11 rings (SSSR count). The first kappa shape index (κ1) is 28.8. The van der Waals surface area contributed by atoms with E-state index in [1.54, 1.807) is 0 Å². The van der Waals surface area contributed by atoms with E-state index in [-0.39, 0.29) is 0 Å². The van der Waals surface area contributed by atoms with Gasteiger partial charge in [-0.05, 0) is 104 Å². The lowest BCUT2D eigenvalue weighted by Crippen LogP contribution is -1.96.